The van der Waals surface area contributed by atoms with E-state index in [1.807, 2.05) is 0 Å². The molecule has 12 heteroatoms. The van der Waals surface area contributed by atoms with Crippen molar-refractivity contribution in [2.75, 3.05) is 12.0 Å². The van der Waals surface area contributed by atoms with Gasteiger partial charge in [0.1, 0.15) is 5.82 Å². The Hall–Kier alpha value is -2.95. The number of nitrogens with zero attached hydrogens (tertiary/aromatic N) is 1. The van der Waals surface area contributed by atoms with Gasteiger partial charge in [-0.05, 0) is 76.7 Å². The number of aromatic hydroxyl groups is 1. The topological polar surface area (TPSA) is 113 Å². The lowest BCUT2D eigenvalue weighted by Crippen LogP contribution is -2.60. The third kappa shape index (κ3) is 3.40. The Balaban J connectivity index is 1.60. The quantitative estimate of drug-likeness (QED) is 0.297. The summed E-state index contributed by atoms with van der Waals surface area (Å²) in [7, 11) is 1.36. The van der Waals surface area contributed by atoms with E-state index >= 15 is 0 Å². The van der Waals surface area contributed by atoms with Gasteiger partial charge in [0.05, 0.1) is 29.1 Å². The van der Waals surface area contributed by atoms with Crippen molar-refractivity contribution < 1.29 is 33.4 Å². The van der Waals surface area contributed by atoms with Crippen molar-refractivity contribution in [3.8, 4) is 11.5 Å². The minimum Gasteiger partial charge on any atom is -0.503 e. The second kappa shape index (κ2) is 8.78. The fourth-order valence-corrected chi connectivity index (χ4v) is 7.99. The average Bonchev–Trinajstić information content (AvgIpc) is 3.27. The average molecular weight is 638 g/mol. The van der Waals surface area contributed by atoms with Crippen molar-refractivity contribution >= 4 is 68.4 Å². The first-order valence-electron chi connectivity index (χ1n) is 12.1. The normalized spacial score (nSPS) is 33.4. The van der Waals surface area contributed by atoms with E-state index in [-0.39, 0.29) is 34.5 Å². The number of imide groups is 2. The van der Waals surface area contributed by atoms with Crippen LogP contribution in [0.5, 0.6) is 11.5 Å². The van der Waals surface area contributed by atoms with Crippen LogP contribution in [0.2, 0.25) is 0 Å². The van der Waals surface area contributed by atoms with E-state index in [0.717, 1.165) is 17.0 Å². The maximum absolute atomic E-state index is 14.2. The Morgan fingerprint density at radius 1 is 1.08 bits per heavy atom. The minimum atomic E-state index is -2.07. The van der Waals surface area contributed by atoms with Gasteiger partial charge < -0.3 is 9.84 Å². The summed E-state index contributed by atoms with van der Waals surface area (Å²) in [5, 5.41) is 12.8. The molecule has 8 nitrogen and oxygen atoms in total. The second-order valence-corrected chi connectivity index (χ2v) is 12.3. The number of phenols is 1. The van der Waals surface area contributed by atoms with Crippen LogP contribution < -0.4 is 15.0 Å². The number of nitrogens with one attached hydrogen (secondary N) is 1. The molecule has 2 saturated heterocycles. The lowest BCUT2D eigenvalue weighted by molar-refractivity contribution is -0.127. The van der Waals surface area contributed by atoms with Gasteiger partial charge in [-0.3, -0.25) is 24.5 Å². The van der Waals surface area contributed by atoms with E-state index < -0.39 is 62.9 Å². The summed E-state index contributed by atoms with van der Waals surface area (Å²) in [5.74, 6) is -6.34. The van der Waals surface area contributed by atoms with Gasteiger partial charge in [0.15, 0.2) is 21.2 Å². The Kier molecular flexibility index (Phi) is 5.91. The molecular formula is C27H20BrCl2FN2O6. The second-order valence-electron chi connectivity index (χ2n) is 10.2. The summed E-state index contributed by atoms with van der Waals surface area (Å²) in [5.41, 5.74) is 1.08. The number of alkyl halides is 2. The standard InChI is InChI=1S/C27H20BrCl2FN2O6/c1-39-18-9-11(8-17(28)21(18)34)20-14-6-7-15-19(23(36)32-22(15)35)16(14)10-26(29)24(37)33(25(38)27(20,26)30)13-4-2-12(31)3-5-13/h2-6,8-9,15-16,19-20,34H,7,10H2,1H3,(H,32,35,36). The maximum atomic E-state index is 14.2. The van der Waals surface area contributed by atoms with Crippen molar-refractivity contribution in [2.45, 2.75) is 28.5 Å². The van der Waals surface area contributed by atoms with Crippen LogP contribution in [0.15, 0.2) is 52.5 Å². The molecule has 0 radical (unpaired) electrons. The van der Waals surface area contributed by atoms with Gasteiger partial charge in [-0.15, -0.1) is 23.2 Å². The summed E-state index contributed by atoms with van der Waals surface area (Å²) in [4.78, 5) is 50.5. The zero-order chi connectivity index (χ0) is 28.0. The van der Waals surface area contributed by atoms with E-state index in [0.29, 0.717) is 11.1 Å². The monoisotopic (exact) mass is 636 g/mol. The highest BCUT2D eigenvalue weighted by Gasteiger charge is 2.76. The van der Waals surface area contributed by atoms with Gasteiger partial charge in [0.2, 0.25) is 11.8 Å². The number of halogens is 4. The van der Waals surface area contributed by atoms with E-state index in [9.17, 15) is 28.7 Å². The molecule has 2 N–H and O–H groups in total. The Morgan fingerprint density at radius 2 is 1.77 bits per heavy atom. The zero-order valence-electron chi connectivity index (χ0n) is 20.2. The molecule has 6 rings (SSSR count). The summed E-state index contributed by atoms with van der Waals surface area (Å²) >= 11 is 17.8. The number of phenolic OH excluding ortho intramolecular Hbond substituents is 1. The third-order valence-electron chi connectivity index (χ3n) is 8.34. The van der Waals surface area contributed by atoms with Crippen LogP contribution in [0.4, 0.5) is 10.1 Å². The van der Waals surface area contributed by atoms with Crippen LogP contribution in [-0.2, 0) is 19.2 Å². The summed E-state index contributed by atoms with van der Waals surface area (Å²) in [6.07, 6.45) is 1.84. The smallest absolute Gasteiger partial charge is 0.258 e. The molecule has 1 saturated carbocycles. The molecule has 2 aliphatic carbocycles. The van der Waals surface area contributed by atoms with Crippen molar-refractivity contribution in [3.05, 3.63) is 63.9 Å². The Labute approximate surface area is 240 Å². The van der Waals surface area contributed by atoms with Gasteiger partial charge in [0, 0.05) is 5.92 Å². The number of amides is 4. The van der Waals surface area contributed by atoms with Crippen molar-refractivity contribution in [2.24, 2.45) is 17.8 Å². The number of anilines is 1. The minimum absolute atomic E-state index is 0.0807. The van der Waals surface area contributed by atoms with Crippen LogP contribution in [0.1, 0.15) is 24.3 Å². The lowest BCUT2D eigenvalue weighted by atomic mass is 9.56. The number of fused-ring (bicyclic) bond motifs is 4. The molecule has 2 heterocycles. The first kappa shape index (κ1) is 26.3. The van der Waals surface area contributed by atoms with Crippen LogP contribution in [0, 0.1) is 23.6 Å². The number of benzene rings is 2. The number of carbonyl (C=O) groups is 4. The van der Waals surface area contributed by atoms with E-state index in [1.165, 1.54) is 25.3 Å². The number of allylic oxidation sites excluding steroid dienone is 2. The Bertz CT molecular complexity index is 1520. The van der Waals surface area contributed by atoms with E-state index in [2.05, 4.69) is 21.2 Å². The third-order valence-corrected chi connectivity index (χ3v) is 10.4. The van der Waals surface area contributed by atoms with Gasteiger partial charge in [-0.25, -0.2) is 9.29 Å². The van der Waals surface area contributed by atoms with Crippen LogP contribution >= 0.6 is 39.1 Å². The Morgan fingerprint density at radius 3 is 2.44 bits per heavy atom. The summed E-state index contributed by atoms with van der Waals surface area (Å²) < 4.78 is 19.3. The molecule has 2 aliphatic heterocycles. The molecule has 4 aliphatic rings. The molecule has 202 valence electrons. The fourth-order valence-electron chi connectivity index (χ4n) is 6.60. The molecule has 4 amide bonds. The van der Waals surface area contributed by atoms with E-state index in [4.69, 9.17) is 27.9 Å². The molecule has 6 unspecified atom stereocenters. The summed E-state index contributed by atoms with van der Waals surface area (Å²) in [6, 6.07) is 7.84. The number of hydrogen-bond donors (Lipinski definition) is 2. The highest BCUT2D eigenvalue weighted by atomic mass is 79.9. The van der Waals surface area contributed by atoms with Gasteiger partial charge in [-0.1, -0.05) is 11.6 Å². The molecule has 0 spiro atoms. The highest BCUT2D eigenvalue weighted by molar-refractivity contribution is 9.10. The highest BCUT2D eigenvalue weighted by Crippen LogP contribution is 2.65. The molecule has 2 aromatic rings. The largest absolute Gasteiger partial charge is 0.503 e. The molecule has 3 fully saturated rings. The molecule has 0 aromatic heterocycles. The van der Waals surface area contributed by atoms with Crippen LogP contribution in [0.3, 0.4) is 0 Å². The lowest BCUT2D eigenvalue weighted by Gasteiger charge is -2.50. The SMILES string of the molecule is COc1cc(C2C3=CCC4C(=O)NC(=O)C4C3CC3(Cl)C(=O)N(c4ccc(F)cc4)C(=O)C23Cl)cc(Br)c1O. The number of hydrogen-bond acceptors (Lipinski definition) is 6. The number of ether oxygens (including phenoxy) is 1. The molecule has 2 aromatic carbocycles. The van der Waals surface area contributed by atoms with Crippen LogP contribution in [0.25, 0.3) is 0 Å². The van der Waals surface area contributed by atoms with Crippen molar-refractivity contribution in [1.82, 2.24) is 5.32 Å². The van der Waals surface area contributed by atoms with Crippen LogP contribution in [-0.4, -0.2) is 45.6 Å². The predicted molar refractivity (Wildman–Crippen MR) is 142 cm³/mol. The van der Waals surface area contributed by atoms with Gasteiger partial charge in [-0.2, -0.15) is 0 Å². The first-order valence-corrected chi connectivity index (χ1v) is 13.6. The van der Waals surface area contributed by atoms with Crippen molar-refractivity contribution in [1.29, 1.82) is 0 Å². The van der Waals surface area contributed by atoms with E-state index in [1.54, 1.807) is 12.1 Å². The summed E-state index contributed by atoms with van der Waals surface area (Å²) in [6.45, 7) is 0. The van der Waals surface area contributed by atoms with Gasteiger partial charge >= 0.3 is 0 Å². The molecule has 0 bridgehead atoms. The zero-order valence-corrected chi connectivity index (χ0v) is 23.3. The maximum Gasteiger partial charge on any atom is 0.258 e. The number of rotatable bonds is 3. The van der Waals surface area contributed by atoms with Crippen molar-refractivity contribution in [3.63, 3.8) is 0 Å². The molecular weight excluding hydrogens is 618 g/mol. The first-order chi connectivity index (χ1) is 18.4. The molecule has 39 heavy (non-hydrogen) atoms. The predicted octanol–water partition coefficient (Wildman–Crippen LogP) is 4.15. The molecule has 6 atom stereocenters. The van der Waals surface area contributed by atoms with Gasteiger partial charge in [0.25, 0.3) is 11.8 Å². The fraction of sp³-hybridized carbons (Fsp3) is 0.333. The number of methoxy groups -OCH3 is 1. The number of carbonyl (C=O) groups excluding carboxylic acids is 4.